The van der Waals surface area contributed by atoms with Crippen LogP contribution in [-0.4, -0.2) is 40.8 Å². The maximum atomic E-state index is 11.8. The van der Waals surface area contributed by atoms with Gasteiger partial charge in [-0.05, 0) is 44.5 Å². The number of esters is 1. The summed E-state index contributed by atoms with van der Waals surface area (Å²) in [6, 6.07) is 6.01. The zero-order valence-electron chi connectivity index (χ0n) is 15.6. The third-order valence-electron chi connectivity index (χ3n) is 4.01. The van der Waals surface area contributed by atoms with Gasteiger partial charge in [0.15, 0.2) is 17.2 Å². The summed E-state index contributed by atoms with van der Waals surface area (Å²) in [5, 5.41) is 11.5. The minimum Gasteiger partial charge on any atom is -0.462 e. The molecule has 3 rings (SSSR count). The molecule has 150 valence electrons. The van der Waals surface area contributed by atoms with Crippen molar-refractivity contribution in [1.29, 1.82) is 0 Å². The Morgan fingerprint density at radius 2 is 2.00 bits per heavy atom. The average Bonchev–Trinajstić information content (AvgIpc) is 3.21. The zero-order valence-corrected chi connectivity index (χ0v) is 16.5. The van der Waals surface area contributed by atoms with Crippen molar-refractivity contribution in [2.24, 2.45) is 0 Å². The van der Waals surface area contributed by atoms with E-state index in [1.807, 2.05) is 6.92 Å². The predicted molar refractivity (Wildman–Crippen MR) is 101 cm³/mol. The molecular weight excluding hydrogens is 386 g/mol. The molecule has 0 radical (unpaired) electrons. The Bertz CT molecular complexity index is 1050. The monoisotopic (exact) mass is 407 g/mol. The van der Waals surface area contributed by atoms with E-state index < -0.39 is 22.9 Å². The number of rotatable bonds is 8. The maximum Gasteiger partial charge on any atom is 0.338 e. The van der Waals surface area contributed by atoms with Crippen LogP contribution in [0.5, 0.6) is 11.5 Å². The average molecular weight is 407 g/mol. The minimum atomic E-state index is -2.77. The molecule has 2 heterocycles. The van der Waals surface area contributed by atoms with E-state index >= 15 is 0 Å². The van der Waals surface area contributed by atoms with Crippen molar-refractivity contribution in [3.63, 3.8) is 0 Å². The lowest BCUT2D eigenvalue weighted by Crippen LogP contribution is -2.19. The summed E-state index contributed by atoms with van der Waals surface area (Å²) < 4.78 is 36.7. The molecule has 0 fully saturated rings. The van der Waals surface area contributed by atoms with Gasteiger partial charge in [-0.2, -0.15) is 14.7 Å². The number of ether oxygens (including phenoxy) is 2. The molecule has 2 aromatic heterocycles. The number of hydrogen-bond donors (Lipinski definition) is 3. The van der Waals surface area contributed by atoms with E-state index in [0.717, 1.165) is 0 Å². The lowest BCUT2D eigenvalue weighted by molar-refractivity contribution is 0.0526. The van der Waals surface area contributed by atoms with E-state index in [2.05, 4.69) is 20.0 Å². The quantitative estimate of drug-likeness (QED) is 0.383. The number of benzene rings is 1. The fourth-order valence-corrected chi connectivity index (χ4v) is 3.13. The molecular formula is C17H21N5O5S. The molecule has 0 aliphatic heterocycles. The molecule has 0 saturated carbocycles. The highest BCUT2D eigenvalue weighted by molar-refractivity contribution is 7.70. The normalized spacial score (nSPS) is 12.4. The van der Waals surface area contributed by atoms with Crippen LogP contribution in [0.4, 0.5) is 0 Å². The molecule has 0 saturated heterocycles. The highest BCUT2D eigenvalue weighted by Gasteiger charge is 2.22. The topological polar surface area (TPSA) is 128 Å². The van der Waals surface area contributed by atoms with Crippen LogP contribution in [0.15, 0.2) is 24.3 Å². The van der Waals surface area contributed by atoms with Crippen LogP contribution < -0.4 is 9.46 Å². The van der Waals surface area contributed by atoms with Crippen molar-refractivity contribution in [3.8, 4) is 11.5 Å². The summed E-state index contributed by atoms with van der Waals surface area (Å²) in [6.45, 7) is 5.66. The van der Waals surface area contributed by atoms with E-state index in [1.165, 1.54) is 4.52 Å². The number of nitrogens with zero attached hydrogens (tertiary/aromatic N) is 3. The van der Waals surface area contributed by atoms with Gasteiger partial charge in [-0.25, -0.2) is 17.9 Å². The fourth-order valence-electron chi connectivity index (χ4n) is 2.70. The van der Waals surface area contributed by atoms with Crippen LogP contribution in [0.1, 0.15) is 48.7 Å². The van der Waals surface area contributed by atoms with Crippen LogP contribution in [-0.2, 0) is 22.0 Å². The van der Waals surface area contributed by atoms with Gasteiger partial charge in [-0.15, -0.1) is 0 Å². The molecule has 10 nitrogen and oxygen atoms in total. The number of nitrogens with one attached hydrogen (secondary N) is 2. The van der Waals surface area contributed by atoms with Gasteiger partial charge in [0.05, 0.1) is 18.2 Å². The first-order valence-electron chi connectivity index (χ1n) is 8.76. The lowest BCUT2D eigenvalue weighted by Gasteiger charge is -2.06. The molecule has 2 N–H and O–H groups in total. The number of thiol groups is 1. The predicted octanol–water partition coefficient (Wildman–Crippen LogP) is 1.77. The van der Waals surface area contributed by atoms with Crippen molar-refractivity contribution < 1.29 is 22.7 Å². The molecule has 0 aliphatic carbocycles. The van der Waals surface area contributed by atoms with Crippen molar-refractivity contribution in [3.05, 3.63) is 41.3 Å². The maximum absolute atomic E-state index is 11.8. The zero-order chi connectivity index (χ0) is 20.3. The number of aromatic amines is 1. The Morgan fingerprint density at radius 1 is 1.29 bits per heavy atom. The summed E-state index contributed by atoms with van der Waals surface area (Å²) in [4.78, 5) is 11.8. The number of aromatic nitrogens is 4. The molecule has 1 aromatic carbocycles. The first kappa shape index (κ1) is 19.8. The summed E-state index contributed by atoms with van der Waals surface area (Å²) in [7, 11) is -2.77. The number of carbonyl (C=O) groups is 1. The van der Waals surface area contributed by atoms with Crippen LogP contribution in [0.2, 0.25) is 0 Å². The molecule has 3 aromatic rings. The third-order valence-corrected chi connectivity index (χ3v) is 4.61. The second kappa shape index (κ2) is 8.40. The van der Waals surface area contributed by atoms with Crippen molar-refractivity contribution >= 4 is 22.5 Å². The lowest BCUT2D eigenvalue weighted by atomic mass is 10.2. The van der Waals surface area contributed by atoms with E-state index in [9.17, 15) is 13.2 Å². The highest BCUT2D eigenvalue weighted by Crippen LogP contribution is 2.31. The Hall–Kier alpha value is -2.92. The summed E-state index contributed by atoms with van der Waals surface area (Å²) in [6.07, 6.45) is 0.600. The Morgan fingerprint density at radius 3 is 2.61 bits per heavy atom. The van der Waals surface area contributed by atoms with E-state index in [4.69, 9.17) is 9.47 Å². The van der Waals surface area contributed by atoms with Gasteiger partial charge in [-0.3, -0.25) is 5.10 Å². The Balaban J connectivity index is 1.90. The number of H-pyrrole nitrogens is 1. The van der Waals surface area contributed by atoms with Gasteiger partial charge in [0.2, 0.25) is 10.9 Å². The van der Waals surface area contributed by atoms with Gasteiger partial charge in [0, 0.05) is 0 Å². The molecule has 0 amide bonds. The van der Waals surface area contributed by atoms with Gasteiger partial charge in [-0.1, -0.05) is 6.92 Å². The number of hydrogen-bond acceptors (Lipinski definition) is 7. The van der Waals surface area contributed by atoms with Crippen LogP contribution in [0, 0.1) is 0 Å². The van der Waals surface area contributed by atoms with Crippen LogP contribution in [0.25, 0.3) is 5.65 Å². The van der Waals surface area contributed by atoms with Crippen molar-refractivity contribution in [2.75, 3.05) is 6.61 Å². The molecule has 1 unspecified atom stereocenters. The Kier molecular flexibility index (Phi) is 5.95. The largest absolute Gasteiger partial charge is 0.462 e. The summed E-state index contributed by atoms with van der Waals surface area (Å²) in [5.41, 5.74) is 1.62. The van der Waals surface area contributed by atoms with Crippen molar-refractivity contribution in [1.82, 2.24) is 24.5 Å². The van der Waals surface area contributed by atoms with Gasteiger partial charge in [0.25, 0.3) is 0 Å². The number of aryl methyl sites for hydroxylation is 1. The molecule has 1 atom stereocenters. The minimum absolute atomic E-state index is 0.307. The molecule has 28 heavy (non-hydrogen) atoms. The smallest absolute Gasteiger partial charge is 0.338 e. The standard InChI is InChI=1S/C17H21N5O5S/c1-4-13-14(27-12-8-6-11(7-9-12)17(23)26-5-2)16-19-18-15(22(16)20-13)10(3)21-28(24)25/h6-10,19,28H,4-5H2,1-3H3,(H,21,24,25). The molecule has 0 bridgehead atoms. The number of carbonyl (C=O) groups excluding carboxylic acids is 1. The van der Waals surface area contributed by atoms with E-state index in [-0.39, 0.29) is 0 Å². The van der Waals surface area contributed by atoms with E-state index in [1.54, 1.807) is 38.1 Å². The second-order valence-electron chi connectivity index (χ2n) is 5.93. The number of fused-ring (bicyclic) bond motifs is 1. The van der Waals surface area contributed by atoms with Gasteiger partial charge < -0.3 is 9.47 Å². The van der Waals surface area contributed by atoms with E-state index in [0.29, 0.717) is 47.3 Å². The summed E-state index contributed by atoms with van der Waals surface area (Å²) >= 11 is 0. The fraction of sp³-hybridized carbons (Fsp3) is 0.353. The SMILES string of the molecule is CCOC(=O)c1ccc(Oc2c(CC)nn3c(C(C)N[SH](=O)=O)n[nH]c23)cc1. The molecule has 0 spiro atoms. The third kappa shape index (κ3) is 3.99. The van der Waals surface area contributed by atoms with Crippen molar-refractivity contribution in [2.45, 2.75) is 33.2 Å². The van der Waals surface area contributed by atoms with Crippen LogP contribution in [0.3, 0.4) is 0 Å². The molecule has 0 aliphatic rings. The Labute approximate surface area is 162 Å². The van der Waals surface area contributed by atoms with Gasteiger partial charge in [0.1, 0.15) is 11.4 Å². The summed E-state index contributed by atoms with van der Waals surface area (Å²) in [5.74, 6) is 1.02. The first-order valence-corrected chi connectivity index (χ1v) is 9.93. The second-order valence-corrected chi connectivity index (χ2v) is 6.70. The van der Waals surface area contributed by atoms with Crippen LogP contribution >= 0.6 is 0 Å². The van der Waals surface area contributed by atoms with Gasteiger partial charge >= 0.3 is 5.97 Å². The molecule has 11 heteroatoms. The first-order chi connectivity index (χ1) is 13.4. The highest BCUT2D eigenvalue weighted by atomic mass is 32.2.